The van der Waals surface area contributed by atoms with Gasteiger partial charge in [-0.1, -0.05) is 13.3 Å². The van der Waals surface area contributed by atoms with Gasteiger partial charge in [0.1, 0.15) is 6.54 Å². The third-order valence-electron chi connectivity index (χ3n) is 5.29. The van der Waals surface area contributed by atoms with E-state index >= 15 is 0 Å². The summed E-state index contributed by atoms with van der Waals surface area (Å²) in [5, 5.41) is 2.80. The van der Waals surface area contributed by atoms with Crippen LogP contribution < -0.4 is 5.32 Å². The molecule has 0 aliphatic carbocycles. The van der Waals surface area contributed by atoms with Crippen molar-refractivity contribution in [3.05, 3.63) is 0 Å². The van der Waals surface area contributed by atoms with E-state index in [-0.39, 0.29) is 18.5 Å². The highest BCUT2D eigenvalue weighted by atomic mass is 16.5. The maximum atomic E-state index is 12.6. The Hall–Kier alpha value is -1.34. The lowest BCUT2D eigenvalue weighted by molar-refractivity contribution is -0.131. The molecule has 0 saturated carbocycles. The molecule has 130 valence electrons. The maximum absolute atomic E-state index is 12.6. The number of likely N-dealkylation sites (tertiary alicyclic amines) is 1. The predicted octanol–water partition coefficient (Wildman–Crippen LogP) is -0.0291. The van der Waals surface area contributed by atoms with Crippen LogP contribution in [0.15, 0.2) is 0 Å². The van der Waals surface area contributed by atoms with E-state index in [2.05, 4.69) is 17.1 Å². The monoisotopic (exact) mass is 324 g/mol. The minimum absolute atomic E-state index is 0.0799. The molecular weight excluding hydrogens is 296 g/mol. The Labute approximate surface area is 137 Å². The molecule has 3 aliphatic rings. The second-order valence-electron chi connectivity index (χ2n) is 6.69. The molecule has 1 N–H and O–H groups in total. The van der Waals surface area contributed by atoms with Crippen LogP contribution in [-0.4, -0.2) is 91.7 Å². The minimum atomic E-state index is -0.111. The van der Waals surface area contributed by atoms with E-state index in [0.717, 1.165) is 52.2 Å². The topological polar surface area (TPSA) is 65.1 Å². The van der Waals surface area contributed by atoms with Crippen molar-refractivity contribution in [2.45, 2.75) is 25.8 Å². The SMILES string of the molecule is CCC1CN(C(=O)CN2CCCNC2=O)CC1N1CCOCC1. The molecule has 0 bridgehead atoms. The summed E-state index contributed by atoms with van der Waals surface area (Å²) in [5.41, 5.74) is 0. The van der Waals surface area contributed by atoms with Crippen LogP contribution in [0.5, 0.6) is 0 Å². The highest BCUT2D eigenvalue weighted by Gasteiger charge is 2.38. The number of carbonyl (C=O) groups excluding carboxylic acids is 2. The van der Waals surface area contributed by atoms with E-state index in [0.29, 0.717) is 25.0 Å². The number of nitrogens with one attached hydrogen (secondary N) is 1. The van der Waals surface area contributed by atoms with Gasteiger partial charge in [-0.15, -0.1) is 0 Å². The molecule has 3 rings (SSSR count). The van der Waals surface area contributed by atoms with Crippen LogP contribution in [0.1, 0.15) is 19.8 Å². The molecule has 3 aliphatic heterocycles. The molecule has 0 aromatic heterocycles. The molecule has 0 aromatic carbocycles. The second-order valence-corrected chi connectivity index (χ2v) is 6.69. The largest absolute Gasteiger partial charge is 0.379 e. The molecule has 3 amide bonds. The van der Waals surface area contributed by atoms with Crippen molar-refractivity contribution in [1.29, 1.82) is 0 Å². The third-order valence-corrected chi connectivity index (χ3v) is 5.29. The molecule has 0 spiro atoms. The van der Waals surface area contributed by atoms with Crippen LogP contribution in [0.2, 0.25) is 0 Å². The van der Waals surface area contributed by atoms with Gasteiger partial charge in [0.15, 0.2) is 0 Å². The van der Waals surface area contributed by atoms with Gasteiger partial charge >= 0.3 is 6.03 Å². The fourth-order valence-corrected chi connectivity index (χ4v) is 3.87. The van der Waals surface area contributed by atoms with E-state index in [1.807, 2.05) is 4.90 Å². The molecule has 3 heterocycles. The minimum Gasteiger partial charge on any atom is -0.379 e. The third kappa shape index (κ3) is 3.77. The first kappa shape index (κ1) is 16.5. The van der Waals surface area contributed by atoms with Crippen LogP contribution in [-0.2, 0) is 9.53 Å². The molecule has 7 nitrogen and oxygen atoms in total. The van der Waals surface area contributed by atoms with Gasteiger partial charge in [0.05, 0.1) is 13.2 Å². The van der Waals surface area contributed by atoms with Crippen molar-refractivity contribution >= 4 is 11.9 Å². The van der Waals surface area contributed by atoms with Crippen LogP contribution in [0.4, 0.5) is 4.79 Å². The van der Waals surface area contributed by atoms with Gasteiger partial charge in [0.25, 0.3) is 0 Å². The fraction of sp³-hybridized carbons (Fsp3) is 0.875. The Morgan fingerprint density at radius 1 is 1.26 bits per heavy atom. The highest BCUT2D eigenvalue weighted by molar-refractivity contribution is 5.84. The van der Waals surface area contributed by atoms with Crippen molar-refractivity contribution in [3.8, 4) is 0 Å². The van der Waals surface area contributed by atoms with Crippen LogP contribution in [0.25, 0.3) is 0 Å². The first-order valence-electron chi connectivity index (χ1n) is 8.81. The zero-order chi connectivity index (χ0) is 16.2. The molecule has 3 fully saturated rings. The normalized spacial score (nSPS) is 29.7. The molecular formula is C16H28N4O3. The second kappa shape index (κ2) is 7.49. The van der Waals surface area contributed by atoms with Crippen LogP contribution in [0.3, 0.4) is 0 Å². The Morgan fingerprint density at radius 2 is 2.04 bits per heavy atom. The molecule has 0 radical (unpaired) electrons. The number of urea groups is 1. The lowest BCUT2D eigenvalue weighted by Crippen LogP contribution is -2.51. The van der Waals surface area contributed by atoms with E-state index in [9.17, 15) is 9.59 Å². The number of ether oxygens (including phenoxy) is 1. The predicted molar refractivity (Wildman–Crippen MR) is 86.1 cm³/mol. The number of morpholine rings is 1. The van der Waals surface area contributed by atoms with Crippen LogP contribution >= 0.6 is 0 Å². The first-order chi connectivity index (χ1) is 11.2. The first-order valence-corrected chi connectivity index (χ1v) is 8.81. The van der Waals surface area contributed by atoms with Gasteiger partial charge in [-0.3, -0.25) is 9.69 Å². The quantitative estimate of drug-likeness (QED) is 0.789. The summed E-state index contributed by atoms with van der Waals surface area (Å²) in [7, 11) is 0. The zero-order valence-corrected chi connectivity index (χ0v) is 14.0. The zero-order valence-electron chi connectivity index (χ0n) is 14.0. The number of carbonyl (C=O) groups is 2. The summed E-state index contributed by atoms with van der Waals surface area (Å²) in [6.45, 7) is 8.88. The lowest BCUT2D eigenvalue weighted by atomic mass is 9.99. The van der Waals surface area contributed by atoms with Crippen molar-refractivity contribution in [2.75, 3.05) is 59.0 Å². The highest BCUT2D eigenvalue weighted by Crippen LogP contribution is 2.25. The molecule has 2 unspecified atom stereocenters. The molecule has 3 saturated heterocycles. The van der Waals surface area contributed by atoms with E-state index in [4.69, 9.17) is 4.74 Å². The lowest BCUT2D eigenvalue weighted by Gasteiger charge is -2.34. The van der Waals surface area contributed by atoms with E-state index in [1.54, 1.807) is 4.90 Å². The van der Waals surface area contributed by atoms with Gasteiger partial charge < -0.3 is 19.9 Å². The number of hydrogen-bond acceptors (Lipinski definition) is 4. The molecule has 7 heteroatoms. The molecule has 2 atom stereocenters. The Balaban J connectivity index is 1.57. The summed E-state index contributed by atoms with van der Waals surface area (Å²) >= 11 is 0. The smallest absolute Gasteiger partial charge is 0.317 e. The average molecular weight is 324 g/mol. The molecule has 23 heavy (non-hydrogen) atoms. The van der Waals surface area contributed by atoms with E-state index in [1.165, 1.54) is 0 Å². The Morgan fingerprint density at radius 3 is 2.74 bits per heavy atom. The summed E-state index contributed by atoms with van der Waals surface area (Å²) < 4.78 is 5.44. The van der Waals surface area contributed by atoms with Crippen molar-refractivity contribution in [2.24, 2.45) is 5.92 Å². The van der Waals surface area contributed by atoms with E-state index < -0.39 is 0 Å². The summed E-state index contributed by atoms with van der Waals surface area (Å²) in [4.78, 5) is 30.5. The Kier molecular flexibility index (Phi) is 5.38. The maximum Gasteiger partial charge on any atom is 0.317 e. The summed E-state index contributed by atoms with van der Waals surface area (Å²) in [6, 6.07) is 0.323. The summed E-state index contributed by atoms with van der Waals surface area (Å²) in [6.07, 6.45) is 1.99. The van der Waals surface area contributed by atoms with Crippen molar-refractivity contribution in [3.63, 3.8) is 0 Å². The van der Waals surface area contributed by atoms with Crippen molar-refractivity contribution < 1.29 is 14.3 Å². The number of rotatable bonds is 4. The standard InChI is InChI=1S/C16H28N4O3/c1-2-13-10-20(11-14(13)18-6-8-23-9-7-18)15(21)12-19-5-3-4-17-16(19)22/h13-14H,2-12H2,1H3,(H,17,22). The Bertz CT molecular complexity index is 439. The average Bonchev–Trinajstić information content (AvgIpc) is 3.02. The van der Waals surface area contributed by atoms with Gasteiger partial charge in [0, 0.05) is 45.3 Å². The summed E-state index contributed by atoms with van der Waals surface area (Å²) in [5.74, 6) is 0.600. The van der Waals surface area contributed by atoms with Gasteiger partial charge in [0.2, 0.25) is 5.91 Å². The molecule has 0 aromatic rings. The fourth-order valence-electron chi connectivity index (χ4n) is 3.87. The van der Waals surface area contributed by atoms with Crippen LogP contribution in [0, 0.1) is 5.92 Å². The van der Waals surface area contributed by atoms with Gasteiger partial charge in [-0.25, -0.2) is 4.79 Å². The van der Waals surface area contributed by atoms with Gasteiger partial charge in [-0.2, -0.15) is 0 Å². The van der Waals surface area contributed by atoms with Crippen molar-refractivity contribution in [1.82, 2.24) is 20.0 Å². The van der Waals surface area contributed by atoms with Gasteiger partial charge in [-0.05, 0) is 12.3 Å². The number of nitrogens with zero attached hydrogens (tertiary/aromatic N) is 3. The number of amides is 3. The number of hydrogen-bond donors (Lipinski definition) is 1.